The fourth-order valence-electron chi connectivity index (χ4n) is 7.43. The lowest BCUT2D eigenvalue weighted by Crippen LogP contribution is -2.42. The van der Waals surface area contributed by atoms with Crippen LogP contribution >= 0.6 is 46.4 Å². The number of rotatable bonds is 20. The van der Waals surface area contributed by atoms with Crippen LogP contribution in [0.25, 0.3) is 0 Å². The zero-order valence-corrected chi connectivity index (χ0v) is 41.2. The topological polar surface area (TPSA) is 327 Å². The predicted molar refractivity (Wildman–Crippen MR) is 269 cm³/mol. The molecule has 4 atom stereocenters. The predicted octanol–water partition coefficient (Wildman–Crippen LogP) is 5.18. The average molecular weight is 1060 g/mol. The molecule has 2 aliphatic rings. The number of nitrogens with two attached hydrogens (primary N) is 4. The van der Waals surface area contributed by atoms with Crippen molar-refractivity contribution >= 4 is 105 Å². The van der Waals surface area contributed by atoms with Crippen LogP contribution in [0.15, 0.2) is 82.8 Å². The van der Waals surface area contributed by atoms with Gasteiger partial charge < -0.3 is 63.5 Å². The number of hydrogen-bond donors (Lipinski definition) is 9. The zero-order chi connectivity index (χ0) is 51.8. The minimum absolute atomic E-state index is 0.00720. The maximum atomic E-state index is 12.7. The fraction of sp³-hybridized carbons (Fsp3) is 0.319. The molecule has 0 fully saturated rings. The third-order valence-electron chi connectivity index (χ3n) is 10.9. The zero-order valence-electron chi connectivity index (χ0n) is 38.1. The van der Waals surface area contributed by atoms with E-state index in [-0.39, 0.29) is 106 Å². The number of guanidine groups is 2. The molecule has 0 saturated heterocycles. The van der Waals surface area contributed by atoms with Crippen LogP contribution in [0.1, 0.15) is 82.5 Å². The number of ketones is 2. The summed E-state index contributed by atoms with van der Waals surface area (Å²) < 4.78 is 16.1. The molecule has 0 radical (unpaired) electrons. The third kappa shape index (κ3) is 16.2. The Kier molecular flexibility index (Phi) is 20.6. The number of halogens is 4. The number of aliphatic imine (C=N–C) groups is 2. The number of Topliss-reactive ketones (excluding diaryl/α,β-unsaturated/α-hetero) is 2. The fourth-order valence-corrected chi connectivity index (χ4v) is 8.56. The highest BCUT2D eigenvalue weighted by Gasteiger charge is 2.28. The number of amides is 2. The molecule has 0 aliphatic carbocycles. The average Bonchev–Trinajstić information content (AvgIpc) is 3.32. The molecule has 2 aliphatic heterocycles. The first-order valence-corrected chi connectivity index (χ1v) is 23.4. The van der Waals surface area contributed by atoms with Crippen LogP contribution in [0.4, 0.5) is 11.4 Å². The van der Waals surface area contributed by atoms with Gasteiger partial charge in [-0.1, -0.05) is 58.5 Å². The van der Waals surface area contributed by atoms with E-state index in [1.165, 1.54) is 31.4 Å². The molecule has 20 nitrogen and oxygen atoms in total. The molecule has 13 N–H and O–H groups in total. The SMILES string of the molecule is COC(=O)[C@H](CCC(=O)CNC1CCOc2ccc(N=C(N)N)cc21)NC(=O)c1c(Cl)cccc1Cl.NC(N)=Nc1ccc2c(c1)C(NCC(=O)CC[C@H](NC(=O)c1c(Cl)cccc1Cl)C(=O)O)CCO2. The molecule has 71 heavy (non-hydrogen) atoms. The van der Waals surface area contributed by atoms with Crippen molar-refractivity contribution in [2.45, 2.75) is 62.7 Å². The van der Waals surface area contributed by atoms with Gasteiger partial charge in [-0.3, -0.25) is 19.2 Å². The summed E-state index contributed by atoms with van der Waals surface area (Å²) in [6, 6.07) is 17.1. The number of ether oxygens (including phenoxy) is 3. The maximum Gasteiger partial charge on any atom is 0.328 e. The number of esters is 1. The molecular formula is C47H52Cl4N10O10. The third-order valence-corrected chi connectivity index (χ3v) is 12.1. The van der Waals surface area contributed by atoms with Gasteiger partial charge in [0.15, 0.2) is 11.9 Å². The Morgan fingerprint density at radius 3 is 1.42 bits per heavy atom. The summed E-state index contributed by atoms with van der Waals surface area (Å²) in [5, 5.41) is 21.3. The van der Waals surface area contributed by atoms with Gasteiger partial charge in [0, 0.05) is 48.9 Å². The number of carboxylic acid groups (broad SMARTS) is 1. The van der Waals surface area contributed by atoms with Crippen LogP contribution in [-0.2, 0) is 23.9 Å². The highest BCUT2D eigenvalue weighted by molar-refractivity contribution is 6.40. The lowest BCUT2D eigenvalue weighted by molar-refractivity contribution is -0.143. The highest BCUT2D eigenvalue weighted by atomic mass is 35.5. The molecule has 4 aromatic carbocycles. The number of carboxylic acids is 1. The van der Waals surface area contributed by atoms with Crippen molar-refractivity contribution < 1.29 is 48.1 Å². The Labute approximate surface area is 428 Å². The summed E-state index contributed by atoms with van der Waals surface area (Å²) in [7, 11) is 1.20. The molecule has 378 valence electrons. The Morgan fingerprint density at radius 2 is 1.04 bits per heavy atom. The minimum Gasteiger partial charge on any atom is -0.493 e. The number of methoxy groups -OCH3 is 1. The second kappa shape index (κ2) is 26.5. The number of aliphatic carboxylic acids is 1. The number of nitrogens with zero attached hydrogens (tertiary/aromatic N) is 2. The highest BCUT2D eigenvalue weighted by Crippen LogP contribution is 2.36. The molecule has 0 saturated carbocycles. The van der Waals surface area contributed by atoms with Gasteiger partial charge in [0.1, 0.15) is 35.1 Å². The lowest BCUT2D eigenvalue weighted by atomic mass is 9.99. The molecule has 2 heterocycles. The first kappa shape index (κ1) is 55.2. The molecule has 24 heteroatoms. The van der Waals surface area contributed by atoms with Crippen LogP contribution in [-0.4, -0.2) is 97.8 Å². The van der Waals surface area contributed by atoms with E-state index in [1.807, 2.05) is 0 Å². The van der Waals surface area contributed by atoms with Crippen molar-refractivity contribution in [3.05, 3.63) is 115 Å². The first-order valence-electron chi connectivity index (χ1n) is 21.9. The van der Waals surface area contributed by atoms with E-state index in [1.54, 1.807) is 48.5 Å². The van der Waals surface area contributed by atoms with E-state index in [2.05, 4.69) is 31.3 Å². The van der Waals surface area contributed by atoms with E-state index < -0.39 is 35.8 Å². The van der Waals surface area contributed by atoms with E-state index in [4.69, 9.17) is 83.5 Å². The van der Waals surface area contributed by atoms with Gasteiger partial charge in [-0.15, -0.1) is 0 Å². The molecule has 0 aromatic heterocycles. The second-order valence-corrected chi connectivity index (χ2v) is 17.5. The van der Waals surface area contributed by atoms with Crippen molar-refractivity contribution in [3.63, 3.8) is 0 Å². The van der Waals surface area contributed by atoms with Gasteiger partial charge in [-0.25, -0.2) is 19.6 Å². The minimum atomic E-state index is -1.29. The number of carbonyl (C=O) groups is 6. The molecule has 2 amide bonds. The lowest BCUT2D eigenvalue weighted by Gasteiger charge is -2.27. The summed E-state index contributed by atoms with van der Waals surface area (Å²) in [6.07, 6.45) is 1.17. The van der Waals surface area contributed by atoms with Gasteiger partial charge in [-0.05, 0) is 73.5 Å². The number of carbonyl (C=O) groups excluding carboxylic acids is 5. The Bertz CT molecular complexity index is 2640. The number of hydrogen-bond acceptors (Lipinski definition) is 13. The standard InChI is InChI=1S/C24H27Cl2N5O5.C23H25Cl2N5O5/c1-35-23(34)19(31-22(33)21-16(25)3-2-4-17(21)26)7-6-14(32)12-29-18-9-10-36-20-8-5-13(11-15(18)20)30-24(27)28;24-15-2-1-3-16(25)20(15)21(32)30-18(22(33)34)6-5-13(31)11-28-17-8-9-35-19-7-4-12(10-14(17)19)29-23(26)27/h2-5,8,11,18-19,29H,6-7,9-10,12H2,1H3,(H,31,33)(H4,27,28,30);1-4,7,10,17-18,28H,5-6,8-9,11H2,(H,30,32)(H,33,34)(H4,26,27,29)/t18?,19-;17?,18-/m00/s1. The van der Waals surface area contributed by atoms with Crippen molar-refractivity contribution in [2.75, 3.05) is 33.4 Å². The van der Waals surface area contributed by atoms with E-state index >= 15 is 0 Å². The summed E-state index contributed by atoms with van der Waals surface area (Å²) in [4.78, 5) is 82.3. The smallest absolute Gasteiger partial charge is 0.328 e. The summed E-state index contributed by atoms with van der Waals surface area (Å²) in [5.41, 5.74) is 24.6. The molecule has 0 spiro atoms. The van der Waals surface area contributed by atoms with E-state index in [0.717, 1.165) is 11.1 Å². The number of benzene rings is 4. The first-order chi connectivity index (χ1) is 33.8. The normalized spacial score (nSPS) is 15.2. The van der Waals surface area contributed by atoms with E-state index in [9.17, 15) is 33.9 Å². The quantitative estimate of drug-likeness (QED) is 0.0313. The van der Waals surface area contributed by atoms with Gasteiger partial charge in [0.25, 0.3) is 11.8 Å². The second-order valence-electron chi connectivity index (χ2n) is 15.9. The Hall–Kier alpha value is -6.68. The summed E-state index contributed by atoms with van der Waals surface area (Å²) >= 11 is 24.2. The monoisotopic (exact) mass is 1060 g/mol. The molecule has 6 rings (SSSR count). The Balaban J connectivity index is 0.000000264. The molecule has 0 bridgehead atoms. The maximum absolute atomic E-state index is 12.7. The molecule has 2 unspecified atom stereocenters. The van der Waals surface area contributed by atoms with Crippen molar-refractivity contribution in [1.29, 1.82) is 0 Å². The van der Waals surface area contributed by atoms with Gasteiger partial charge in [0.05, 0.1) is 76.0 Å². The van der Waals surface area contributed by atoms with Crippen molar-refractivity contribution in [2.24, 2.45) is 32.9 Å². The van der Waals surface area contributed by atoms with Gasteiger partial charge in [0.2, 0.25) is 0 Å². The Morgan fingerprint density at radius 1 is 0.648 bits per heavy atom. The number of nitrogens with one attached hydrogen (secondary N) is 4. The van der Waals surface area contributed by atoms with Crippen LogP contribution in [0.5, 0.6) is 11.5 Å². The van der Waals surface area contributed by atoms with Gasteiger partial charge >= 0.3 is 11.9 Å². The van der Waals surface area contributed by atoms with Crippen LogP contribution < -0.4 is 53.7 Å². The van der Waals surface area contributed by atoms with Crippen molar-refractivity contribution in [3.8, 4) is 11.5 Å². The van der Waals surface area contributed by atoms with Crippen LogP contribution in [0.2, 0.25) is 20.1 Å². The number of fused-ring (bicyclic) bond motifs is 2. The van der Waals surface area contributed by atoms with Gasteiger partial charge in [-0.2, -0.15) is 0 Å². The summed E-state index contributed by atoms with van der Waals surface area (Å²) in [5.74, 6) is -2.46. The molecular weight excluding hydrogens is 1010 g/mol. The summed E-state index contributed by atoms with van der Waals surface area (Å²) in [6.45, 7) is 1.02. The van der Waals surface area contributed by atoms with E-state index in [0.29, 0.717) is 48.9 Å². The van der Waals surface area contributed by atoms with Crippen molar-refractivity contribution in [1.82, 2.24) is 21.3 Å². The largest absolute Gasteiger partial charge is 0.493 e. The molecule has 4 aromatic rings. The van der Waals surface area contributed by atoms with Crippen LogP contribution in [0, 0.1) is 0 Å². The van der Waals surface area contributed by atoms with Crippen LogP contribution in [0.3, 0.4) is 0 Å².